The molecule has 0 aliphatic heterocycles. The van der Waals surface area contributed by atoms with Crippen molar-refractivity contribution in [2.45, 2.75) is 0 Å². The maximum atomic E-state index is 9.28. The highest BCUT2D eigenvalue weighted by molar-refractivity contribution is 14.1. The van der Waals surface area contributed by atoms with Gasteiger partial charge >= 0.3 is 0 Å². The van der Waals surface area contributed by atoms with E-state index in [0.717, 1.165) is 18.7 Å². The summed E-state index contributed by atoms with van der Waals surface area (Å²) in [6, 6.07) is 5.40. The standard InChI is InChI=1S/C8H6INOS/c9-6-1-4(11)2-7-5(6)3-8(10)12-7/h1-3,11H,10H2. The Kier molecular flexibility index (Phi) is 1.88. The largest absolute Gasteiger partial charge is 0.508 e. The van der Waals surface area contributed by atoms with E-state index in [1.807, 2.05) is 6.07 Å². The van der Waals surface area contributed by atoms with Crippen molar-refractivity contribution in [3.8, 4) is 5.75 Å². The number of thiophene rings is 1. The minimum atomic E-state index is 0.300. The number of aromatic hydroxyl groups is 1. The number of phenols is 1. The quantitative estimate of drug-likeness (QED) is 0.733. The Bertz CT molecular complexity index is 438. The molecule has 2 nitrogen and oxygen atoms in total. The highest BCUT2D eigenvalue weighted by atomic mass is 127. The minimum Gasteiger partial charge on any atom is -0.508 e. The van der Waals surface area contributed by atoms with Gasteiger partial charge in [-0.05, 0) is 40.8 Å². The van der Waals surface area contributed by atoms with Crippen molar-refractivity contribution in [2.24, 2.45) is 0 Å². The van der Waals surface area contributed by atoms with Crippen LogP contribution in [0.2, 0.25) is 0 Å². The molecule has 12 heavy (non-hydrogen) atoms. The lowest BCUT2D eigenvalue weighted by Gasteiger charge is -1.94. The van der Waals surface area contributed by atoms with E-state index in [1.54, 1.807) is 12.1 Å². The second-order valence-electron chi connectivity index (χ2n) is 2.49. The number of hydrogen-bond donors (Lipinski definition) is 2. The highest BCUT2D eigenvalue weighted by Crippen LogP contribution is 2.33. The van der Waals surface area contributed by atoms with E-state index in [1.165, 1.54) is 11.3 Å². The van der Waals surface area contributed by atoms with E-state index in [-0.39, 0.29) is 0 Å². The van der Waals surface area contributed by atoms with Crippen LogP contribution >= 0.6 is 33.9 Å². The zero-order chi connectivity index (χ0) is 8.72. The molecule has 0 saturated carbocycles. The molecule has 0 bridgehead atoms. The van der Waals surface area contributed by atoms with Crippen LogP contribution in [0.1, 0.15) is 0 Å². The Hall–Kier alpha value is -0.490. The zero-order valence-corrected chi connectivity index (χ0v) is 9.02. The van der Waals surface area contributed by atoms with Crippen molar-refractivity contribution < 1.29 is 5.11 Å². The Labute approximate surface area is 87.1 Å². The smallest absolute Gasteiger partial charge is 0.118 e. The summed E-state index contributed by atoms with van der Waals surface area (Å²) < 4.78 is 2.08. The molecule has 0 radical (unpaired) electrons. The number of anilines is 1. The van der Waals surface area contributed by atoms with Crippen LogP contribution in [-0.4, -0.2) is 5.11 Å². The summed E-state index contributed by atoms with van der Waals surface area (Å²) in [5.41, 5.74) is 5.64. The fraction of sp³-hybridized carbons (Fsp3) is 0. The van der Waals surface area contributed by atoms with Gasteiger partial charge in [0.15, 0.2) is 0 Å². The van der Waals surface area contributed by atoms with E-state index >= 15 is 0 Å². The fourth-order valence-corrected chi connectivity index (χ4v) is 2.94. The lowest BCUT2D eigenvalue weighted by atomic mass is 10.2. The third-order valence-electron chi connectivity index (χ3n) is 1.59. The van der Waals surface area contributed by atoms with Crippen LogP contribution in [0, 0.1) is 3.57 Å². The normalized spacial score (nSPS) is 10.8. The minimum absolute atomic E-state index is 0.300. The molecular weight excluding hydrogens is 285 g/mol. The second kappa shape index (κ2) is 2.77. The number of nitrogen functional groups attached to an aromatic ring is 1. The van der Waals surface area contributed by atoms with E-state index in [0.29, 0.717) is 5.75 Å². The lowest BCUT2D eigenvalue weighted by Crippen LogP contribution is -1.74. The van der Waals surface area contributed by atoms with Gasteiger partial charge in [-0.2, -0.15) is 0 Å². The highest BCUT2D eigenvalue weighted by Gasteiger charge is 2.04. The van der Waals surface area contributed by atoms with E-state index in [2.05, 4.69) is 22.6 Å². The molecule has 0 amide bonds. The first-order chi connectivity index (χ1) is 5.66. The third-order valence-corrected chi connectivity index (χ3v) is 3.39. The van der Waals surface area contributed by atoms with Crippen molar-refractivity contribution in [1.29, 1.82) is 0 Å². The molecule has 0 aliphatic rings. The van der Waals surface area contributed by atoms with Gasteiger partial charge in [0.1, 0.15) is 5.75 Å². The SMILES string of the molecule is Nc1cc2c(I)cc(O)cc2s1. The fourth-order valence-electron chi connectivity index (χ4n) is 1.10. The number of phenolic OH excluding ortho intramolecular Hbond substituents is 1. The molecule has 3 N–H and O–H groups in total. The molecule has 0 aliphatic carbocycles. The molecular formula is C8H6INOS. The predicted molar refractivity (Wildman–Crippen MR) is 60.6 cm³/mol. The third kappa shape index (κ3) is 1.25. The lowest BCUT2D eigenvalue weighted by molar-refractivity contribution is 0.476. The van der Waals surface area contributed by atoms with Crippen molar-refractivity contribution in [1.82, 2.24) is 0 Å². The Morgan fingerprint density at radius 2 is 2.08 bits per heavy atom. The van der Waals surface area contributed by atoms with Crippen LogP contribution < -0.4 is 5.73 Å². The van der Waals surface area contributed by atoms with Gasteiger partial charge in [-0.1, -0.05) is 0 Å². The molecule has 0 unspecified atom stereocenters. The zero-order valence-electron chi connectivity index (χ0n) is 6.04. The summed E-state index contributed by atoms with van der Waals surface area (Å²) in [7, 11) is 0. The molecule has 0 spiro atoms. The number of nitrogens with two attached hydrogens (primary N) is 1. The van der Waals surface area contributed by atoms with Gasteiger partial charge in [0, 0.05) is 13.7 Å². The second-order valence-corrected chi connectivity index (χ2v) is 4.77. The van der Waals surface area contributed by atoms with Crippen molar-refractivity contribution >= 4 is 49.0 Å². The van der Waals surface area contributed by atoms with Crippen LogP contribution in [0.5, 0.6) is 5.75 Å². The summed E-state index contributed by atoms with van der Waals surface area (Å²) in [6.45, 7) is 0. The molecule has 0 atom stereocenters. The summed E-state index contributed by atoms with van der Waals surface area (Å²) in [4.78, 5) is 0. The van der Waals surface area contributed by atoms with E-state index in [4.69, 9.17) is 5.73 Å². The summed E-state index contributed by atoms with van der Waals surface area (Å²) >= 11 is 3.68. The van der Waals surface area contributed by atoms with Crippen LogP contribution in [0.3, 0.4) is 0 Å². The predicted octanol–water partition coefficient (Wildman–Crippen LogP) is 2.79. The molecule has 2 rings (SSSR count). The van der Waals surface area contributed by atoms with Gasteiger partial charge in [0.25, 0.3) is 0 Å². The maximum absolute atomic E-state index is 9.28. The van der Waals surface area contributed by atoms with Crippen molar-refractivity contribution in [3.05, 3.63) is 21.8 Å². The average molecular weight is 291 g/mol. The van der Waals surface area contributed by atoms with Gasteiger partial charge in [-0.15, -0.1) is 11.3 Å². The maximum Gasteiger partial charge on any atom is 0.118 e. The molecule has 0 fully saturated rings. The Balaban J connectivity index is 2.88. The molecule has 62 valence electrons. The average Bonchev–Trinajstić information content (AvgIpc) is 2.29. The molecule has 2 aromatic rings. The topological polar surface area (TPSA) is 46.2 Å². The van der Waals surface area contributed by atoms with Gasteiger partial charge in [0.2, 0.25) is 0 Å². The Morgan fingerprint density at radius 1 is 1.33 bits per heavy atom. The first-order valence-electron chi connectivity index (χ1n) is 3.34. The number of rotatable bonds is 0. The number of benzene rings is 1. The monoisotopic (exact) mass is 291 g/mol. The molecule has 0 saturated heterocycles. The van der Waals surface area contributed by atoms with Crippen LogP contribution in [0.25, 0.3) is 10.1 Å². The van der Waals surface area contributed by atoms with Gasteiger partial charge in [-0.25, -0.2) is 0 Å². The van der Waals surface area contributed by atoms with Crippen LogP contribution in [0.15, 0.2) is 18.2 Å². The number of halogens is 1. The van der Waals surface area contributed by atoms with Crippen molar-refractivity contribution in [3.63, 3.8) is 0 Å². The van der Waals surface area contributed by atoms with Gasteiger partial charge in [-0.3, -0.25) is 0 Å². The van der Waals surface area contributed by atoms with E-state index < -0.39 is 0 Å². The first kappa shape index (κ1) is 8.12. The molecule has 1 aromatic carbocycles. The number of fused-ring (bicyclic) bond motifs is 1. The van der Waals surface area contributed by atoms with Crippen LogP contribution in [-0.2, 0) is 0 Å². The van der Waals surface area contributed by atoms with Crippen LogP contribution in [0.4, 0.5) is 5.00 Å². The summed E-state index contributed by atoms with van der Waals surface area (Å²) in [5, 5.41) is 11.2. The molecule has 1 aromatic heterocycles. The van der Waals surface area contributed by atoms with E-state index in [9.17, 15) is 5.11 Å². The first-order valence-corrected chi connectivity index (χ1v) is 5.24. The van der Waals surface area contributed by atoms with Gasteiger partial charge in [0.05, 0.1) is 5.00 Å². The Morgan fingerprint density at radius 3 is 2.83 bits per heavy atom. The summed E-state index contributed by atoms with van der Waals surface area (Å²) in [6.07, 6.45) is 0. The van der Waals surface area contributed by atoms with Crippen molar-refractivity contribution in [2.75, 3.05) is 5.73 Å². The number of hydrogen-bond acceptors (Lipinski definition) is 3. The molecule has 4 heteroatoms. The van der Waals surface area contributed by atoms with Gasteiger partial charge < -0.3 is 10.8 Å². The molecule has 1 heterocycles. The summed E-state index contributed by atoms with van der Waals surface area (Å²) in [5.74, 6) is 0.300.